The van der Waals surface area contributed by atoms with Crippen molar-refractivity contribution in [2.45, 2.75) is 12.3 Å². The number of aromatic nitrogens is 1. The number of nitrogens with zero attached hydrogens (tertiary/aromatic N) is 2. The number of aromatic carboxylic acids is 1. The lowest BCUT2D eigenvalue weighted by molar-refractivity contribution is 0.0696. The third-order valence-electron chi connectivity index (χ3n) is 4.81. The van der Waals surface area contributed by atoms with Crippen molar-refractivity contribution < 1.29 is 14.7 Å². The molecule has 2 aromatic carbocycles. The SMILES string of the molecule is O=C(O)c1ccc(I)cc1.O=C(c1ccc(I)cc1)N1CCC(c2cccnc2)C1. The smallest absolute Gasteiger partial charge is 0.335 e. The van der Waals surface area contributed by atoms with Crippen molar-refractivity contribution >= 4 is 57.1 Å². The lowest BCUT2D eigenvalue weighted by atomic mass is 10.0. The van der Waals surface area contributed by atoms with Crippen molar-refractivity contribution in [2.24, 2.45) is 0 Å². The molecule has 0 bridgehead atoms. The number of hydrogen-bond donors (Lipinski definition) is 1. The van der Waals surface area contributed by atoms with Gasteiger partial charge in [0.25, 0.3) is 5.91 Å². The Morgan fingerprint density at radius 2 is 1.53 bits per heavy atom. The van der Waals surface area contributed by atoms with Crippen LogP contribution in [-0.4, -0.2) is 40.0 Å². The van der Waals surface area contributed by atoms with Gasteiger partial charge in [0, 0.05) is 44.1 Å². The molecule has 1 fully saturated rings. The van der Waals surface area contributed by atoms with E-state index in [0.29, 0.717) is 11.5 Å². The van der Waals surface area contributed by atoms with E-state index in [0.717, 1.165) is 32.2 Å². The number of carboxylic acids is 1. The van der Waals surface area contributed by atoms with Crippen LogP contribution in [0.15, 0.2) is 73.1 Å². The van der Waals surface area contributed by atoms with E-state index in [1.165, 1.54) is 5.56 Å². The number of rotatable bonds is 3. The molecule has 1 atom stereocenters. The molecule has 0 saturated carbocycles. The monoisotopic (exact) mass is 626 g/mol. The molecular weight excluding hydrogens is 606 g/mol. The van der Waals surface area contributed by atoms with E-state index in [1.54, 1.807) is 30.5 Å². The highest BCUT2D eigenvalue weighted by Gasteiger charge is 2.27. The molecule has 154 valence electrons. The number of benzene rings is 2. The normalized spacial score (nSPS) is 15.3. The number of amides is 1. The van der Waals surface area contributed by atoms with Crippen LogP contribution in [0.25, 0.3) is 0 Å². The van der Waals surface area contributed by atoms with Crippen molar-refractivity contribution in [2.75, 3.05) is 13.1 Å². The predicted octanol–water partition coefficient (Wildman–Crippen LogP) is 5.31. The van der Waals surface area contributed by atoms with Crippen LogP contribution < -0.4 is 0 Å². The predicted molar refractivity (Wildman–Crippen MR) is 133 cm³/mol. The van der Waals surface area contributed by atoms with Gasteiger partial charge in [0.1, 0.15) is 0 Å². The van der Waals surface area contributed by atoms with Gasteiger partial charge >= 0.3 is 5.97 Å². The van der Waals surface area contributed by atoms with Gasteiger partial charge in [0.2, 0.25) is 0 Å². The van der Waals surface area contributed by atoms with E-state index in [9.17, 15) is 9.59 Å². The Morgan fingerprint density at radius 1 is 0.933 bits per heavy atom. The van der Waals surface area contributed by atoms with Gasteiger partial charge in [-0.2, -0.15) is 0 Å². The molecular formula is C23H20I2N2O3. The Labute approximate surface area is 202 Å². The first kappa shape index (κ1) is 22.7. The fourth-order valence-electron chi connectivity index (χ4n) is 3.20. The highest BCUT2D eigenvalue weighted by molar-refractivity contribution is 14.1. The fraction of sp³-hybridized carbons (Fsp3) is 0.174. The molecule has 1 aliphatic rings. The van der Waals surface area contributed by atoms with Crippen LogP contribution in [0.1, 0.15) is 38.6 Å². The highest BCUT2D eigenvalue weighted by atomic mass is 127. The first-order valence-electron chi connectivity index (χ1n) is 9.37. The molecule has 4 rings (SSSR count). The number of halogens is 2. The summed E-state index contributed by atoms with van der Waals surface area (Å²) in [6, 6.07) is 18.5. The van der Waals surface area contributed by atoms with Crippen molar-refractivity contribution in [3.05, 3.63) is 96.9 Å². The molecule has 0 spiro atoms. The summed E-state index contributed by atoms with van der Waals surface area (Å²) in [4.78, 5) is 28.9. The molecule has 1 unspecified atom stereocenters. The maximum absolute atomic E-state index is 12.4. The van der Waals surface area contributed by atoms with Crippen LogP contribution in [0.3, 0.4) is 0 Å². The third kappa shape index (κ3) is 6.24. The van der Waals surface area contributed by atoms with Crippen LogP contribution in [0.5, 0.6) is 0 Å². The number of carbonyl (C=O) groups is 2. The minimum atomic E-state index is -0.878. The topological polar surface area (TPSA) is 70.5 Å². The summed E-state index contributed by atoms with van der Waals surface area (Å²) in [5, 5.41) is 8.47. The molecule has 1 aliphatic heterocycles. The number of carboxylic acid groups (broad SMARTS) is 1. The van der Waals surface area contributed by atoms with Crippen molar-refractivity contribution in [3.8, 4) is 0 Å². The quantitative estimate of drug-likeness (QED) is 0.401. The highest BCUT2D eigenvalue weighted by Crippen LogP contribution is 2.27. The van der Waals surface area contributed by atoms with E-state index in [4.69, 9.17) is 5.11 Å². The van der Waals surface area contributed by atoms with E-state index < -0.39 is 5.97 Å². The Balaban J connectivity index is 0.000000216. The van der Waals surface area contributed by atoms with E-state index in [1.807, 2.05) is 41.4 Å². The van der Waals surface area contributed by atoms with Crippen LogP contribution >= 0.6 is 45.2 Å². The zero-order valence-electron chi connectivity index (χ0n) is 16.0. The summed E-state index contributed by atoms with van der Waals surface area (Å²) in [6.07, 6.45) is 4.71. The first-order valence-corrected chi connectivity index (χ1v) is 11.5. The Bertz CT molecular complexity index is 993. The molecule has 2 heterocycles. The van der Waals surface area contributed by atoms with Crippen molar-refractivity contribution in [1.29, 1.82) is 0 Å². The molecule has 1 aromatic heterocycles. The van der Waals surface area contributed by atoms with Gasteiger partial charge in [0.15, 0.2) is 0 Å². The van der Waals surface area contributed by atoms with Crippen molar-refractivity contribution in [1.82, 2.24) is 9.88 Å². The standard InChI is InChI=1S/C16H15IN2O.C7H5IO2/c17-15-5-3-12(4-6-15)16(20)19-9-7-14(11-19)13-2-1-8-18-10-13;8-6-3-1-5(2-4-6)7(9)10/h1-6,8,10,14H,7,9,11H2;1-4H,(H,9,10). The largest absolute Gasteiger partial charge is 0.478 e. The lowest BCUT2D eigenvalue weighted by Gasteiger charge is -2.16. The van der Waals surface area contributed by atoms with Crippen LogP contribution in [0.4, 0.5) is 0 Å². The minimum Gasteiger partial charge on any atom is -0.478 e. The second-order valence-electron chi connectivity index (χ2n) is 6.84. The van der Waals surface area contributed by atoms with Gasteiger partial charge in [0.05, 0.1) is 5.56 Å². The van der Waals surface area contributed by atoms with Gasteiger partial charge < -0.3 is 10.0 Å². The molecule has 0 aliphatic carbocycles. The van der Waals surface area contributed by atoms with Crippen LogP contribution in [-0.2, 0) is 0 Å². The summed E-state index contributed by atoms with van der Waals surface area (Å²) in [7, 11) is 0. The average molecular weight is 626 g/mol. The lowest BCUT2D eigenvalue weighted by Crippen LogP contribution is -2.28. The van der Waals surface area contributed by atoms with Gasteiger partial charge in [-0.3, -0.25) is 9.78 Å². The first-order chi connectivity index (χ1) is 14.4. The van der Waals surface area contributed by atoms with Crippen LogP contribution in [0.2, 0.25) is 0 Å². The summed E-state index contributed by atoms with van der Waals surface area (Å²) < 4.78 is 2.19. The number of carbonyl (C=O) groups excluding carboxylic acids is 1. The van der Waals surface area contributed by atoms with Gasteiger partial charge in [-0.1, -0.05) is 6.07 Å². The molecule has 1 N–H and O–H groups in total. The van der Waals surface area contributed by atoms with Gasteiger partial charge in [-0.05, 0) is 112 Å². The van der Waals surface area contributed by atoms with E-state index in [2.05, 4.69) is 56.2 Å². The number of likely N-dealkylation sites (tertiary alicyclic amines) is 1. The number of pyridine rings is 1. The second-order valence-corrected chi connectivity index (χ2v) is 9.33. The summed E-state index contributed by atoms with van der Waals surface area (Å²) >= 11 is 4.37. The number of hydrogen-bond acceptors (Lipinski definition) is 3. The molecule has 7 heteroatoms. The third-order valence-corrected chi connectivity index (χ3v) is 6.25. The Morgan fingerprint density at radius 3 is 2.07 bits per heavy atom. The summed E-state index contributed by atoms with van der Waals surface area (Å²) in [5.74, 6) is -0.333. The average Bonchev–Trinajstić information content (AvgIpc) is 3.25. The Hall–Kier alpha value is -2.01. The molecule has 1 saturated heterocycles. The van der Waals surface area contributed by atoms with Crippen molar-refractivity contribution in [3.63, 3.8) is 0 Å². The maximum Gasteiger partial charge on any atom is 0.335 e. The second kappa shape index (κ2) is 10.9. The maximum atomic E-state index is 12.4. The zero-order valence-corrected chi connectivity index (χ0v) is 20.4. The minimum absolute atomic E-state index is 0.132. The van der Waals surface area contributed by atoms with E-state index >= 15 is 0 Å². The molecule has 0 radical (unpaired) electrons. The Kier molecular flexibility index (Phi) is 8.20. The molecule has 5 nitrogen and oxygen atoms in total. The van der Waals surface area contributed by atoms with E-state index in [-0.39, 0.29) is 5.91 Å². The molecule has 30 heavy (non-hydrogen) atoms. The fourth-order valence-corrected chi connectivity index (χ4v) is 3.92. The zero-order chi connectivity index (χ0) is 21.5. The van der Waals surface area contributed by atoms with Gasteiger partial charge in [-0.25, -0.2) is 4.79 Å². The molecule has 1 amide bonds. The van der Waals surface area contributed by atoms with Crippen LogP contribution in [0, 0.1) is 7.14 Å². The van der Waals surface area contributed by atoms with Gasteiger partial charge in [-0.15, -0.1) is 0 Å². The molecule has 3 aromatic rings. The summed E-state index contributed by atoms with van der Waals surface area (Å²) in [6.45, 7) is 1.61. The summed E-state index contributed by atoms with van der Waals surface area (Å²) in [5.41, 5.74) is 2.34.